The maximum Gasteiger partial charge on any atom is 0.338 e. The quantitative estimate of drug-likeness (QED) is 0.530. The van der Waals surface area contributed by atoms with Crippen molar-refractivity contribution in [2.24, 2.45) is 0 Å². The van der Waals surface area contributed by atoms with E-state index in [0.717, 1.165) is 68.9 Å². The van der Waals surface area contributed by atoms with Crippen LogP contribution in [0.25, 0.3) is 5.69 Å². The van der Waals surface area contributed by atoms with Gasteiger partial charge in [0.25, 0.3) is 0 Å². The smallest absolute Gasteiger partial charge is 0.338 e. The van der Waals surface area contributed by atoms with E-state index >= 15 is 0 Å². The first-order valence-corrected chi connectivity index (χ1v) is 11.3. The monoisotopic (exact) mass is 432 g/mol. The Morgan fingerprint density at radius 2 is 1.59 bits per heavy atom. The Balaban J connectivity index is 1.07. The van der Waals surface area contributed by atoms with Crippen molar-refractivity contribution in [3.63, 3.8) is 0 Å². The predicted octanol–water partition coefficient (Wildman–Crippen LogP) is 2.13. The second-order valence-corrected chi connectivity index (χ2v) is 8.53. The summed E-state index contributed by atoms with van der Waals surface area (Å²) >= 11 is 0. The number of rotatable bonds is 7. The van der Waals surface area contributed by atoms with Crippen LogP contribution in [0.5, 0.6) is 0 Å². The Hall–Kier alpha value is -3.10. The SMILES string of the molecule is O=C1OCc2cc(CCN3CCCN(CCc4ccc(-n5cnnn5)cc4)CC3)ccc21. The molecule has 0 N–H and O–H groups in total. The van der Waals surface area contributed by atoms with Crippen LogP contribution >= 0.6 is 0 Å². The molecule has 5 rings (SSSR count). The molecule has 0 saturated carbocycles. The highest BCUT2D eigenvalue weighted by molar-refractivity contribution is 5.93. The molecule has 0 aliphatic carbocycles. The van der Waals surface area contributed by atoms with E-state index in [1.807, 2.05) is 6.07 Å². The lowest BCUT2D eigenvalue weighted by Crippen LogP contribution is -2.33. The van der Waals surface area contributed by atoms with Crippen LogP contribution in [0.15, 0.2) is 48.8 Å². The van der Waals surface area contributed by atoms with Gasteiger partial charge in [0.2, 0.25) is 0 Å². The first-order valence-electron chi connectivity index (χ1n) is 11.3. The van der Waals surface area contributed by atoms with Crippen molar-refractivity contribution in [1.82, 2.24) is 30.0 Å². The van der Waals surface area contributed by atoms with Gasteiger partial charge in [0.05, 0.1) is 11.3 Å². The normalized spacial score (nSPS) is 17.2. The topological polar surface area (TPSA) is 76.4 Å². The van der Waals surface area contributed by atoms with Crippen molar-refractivity contribution in [1.29, 1.82) is 0 Å². The highest BCUT2D eigenvalue weighted by Crippen LogP contribution is 2.21. The minimum Gasteiger partial charge on any atom is -0.457 e. The van der Waals surface area contributed by atoms with Gasteiger partial charge in [-0.2, -0.15) is 0 Å². The van der Waals surface area contributed by atoms with Gasteiger partial charge in [-0.15, -0.1) is 5.10 Å². The highest BCUT2D eigenvalue weighted by Gasteiger charge is 2.21. The van der Waals surface area contributed by atoms with Crippen molar-refractivity contribution in [3.05, 3.63) is 71.0 Å². The minimum atomic E-state index is -0.192. The first kappa shape index (κ1) is 20.8. The van der Waals surface area contributed by atoms with Gasteiger partial charge in [0.1, 0.15) is 12.9 Å². The second kappa shape index (κ2) is 9.58. The van der Waals surface area contributed by atoms with Crippen LogP contribution in [0.4, 0.5) is 0 Å². The molecule has 2 aliphatic rings. The van der Waals surface area contributed by atoms with E-state index in [2.05, 4.69) is 61.7 Å². The van der Waals surface area contributed by atoms with Crippen LogP contribution in [0.1, 0.15) is 33.5 Å². The van der Waals surface area contributed by atoms with Crippen molar-refractivity contribution in [2.45, 2.75) is 25.9 Å². The third kappa shape index (κ3) is 4.87. The molecule has 2 aliphatic heterocycles. The van der Waals surface area contributed by atoms with Crippen molar-refractivity contribution in [3.8, 4) is 5.69 Å². The van der Waals surface area contributed by atoms with Gasteiger partial charge in [-0.3, -0.25) is 0 Å². The maximum atomic E-state index is 11.6. The molecule has 2 aromatic carbocycles. The molecule has 8 heteroatoms. The summed E-state index contributed by atoms with van der Waals surface area (Å²) in [4.78, 5) is 16.8. The van der Waals surface area contributed by atoms with Gasteiger partial charge in [-0.25, -0.2) is 9.48 Å². The van der Waals surface area contributed by atoms with E-state index in [9.17, 15) is 4.79 Å². The average molecular weight is 433 g/mol. The number of carbonyl (C=O) groups excluding carboxylic acids is 1. The lowest BCUT2D eigenvalue weighted by molar-refractivity contribution is 0.0535. The number of benzene rings is 2. The molecule has 0 radical (unpaired) electrons. The molecule has 0 bridgehead atoms. The van der Waals surface area contributed by atoms with Gasteiger partial charge in [0, 0.05) is 31.7 Å². The fraction of sp³-hybridized carbons (Fsp3) is 0.417. The van der Waals surface area contributed by atoms with E-state index in [-0.39, 0.29) is 5.97 Å². The van der Waals surface area contributed by atoms with Gasteiger partial charge in [-0.05, 0) is 72.1 Å². The van der Waals surface area contributed by atoms with Gasteiger partial charge in [-0.1, -0.05) is 24.3 Å². The number of cyclic esters (lactones) is 1. The molecule has 0 spiro atoms. The van der Waals surface area contributed by atoms with Crippen LogP contribution in [0, 0.1) is 0 Å². The number of tetrazole rings is 1. The number of esters is 1. The fourth-order valence-corrected chi connectivity index (χ4v) is 4.48. The average Bonchev–Trinajstić information content (AvgIpc) is 3.43. The Kier molecular flexibility index (Phi) is 6.22. The zero-order valence-corrected chi connectivity index (χ0v) is 18.2. The molecular weight excluding hydrogens is 404 g/mol. The van der Waals surface area contributed by atoms with E-state index in [0.29, 0.717) is 6.61 Å². The third-order valence-corrected chi connectivity index (χ3v) is 6.41. The zero-order chi connectivity index (χ0) is 21.8. The third-order valence-electron chi connectivity index (χ3n) is 6.41. The molecule has 0 atom stereocenters. The second-order valence-electron chi connectivity index (χ2n) is 8.53. The number of carbonyl (C=O) groups is 1. The summed E-state index contributed by atoms with van der Waals surface area (Å²) in [7, 11) is 0. The molecule has 166 valence electrons. The summed E-state index contributed by atoms with van der Waals surface area (Å²) in [6, 6.07) is 14.6. The molecule has 8 nitrogen and oxygen atoms in total. The maximum absolute atomic E-state index is 11.6. The Bertz CT molecular complexity index is 1050. The van der Waals surface area contributed by atoms with Gasteiger partial charge >= 0.3 is 5.97 Å². The van der Waals surface area contributed by atoms with Crippen LogP contribution < -0.4 is 0 Å². The summed E-state index contributed by atoms with van der Waals surface area (Å²) in [5.74, 6) is -0.192. The number of ether oxygens (including phenoxy) is 1. The van der Waals surface area contributed by atoms with E-state index in [1.54, 1.807) is 11.0 Å². The molecule has 0 unspecified atom stereocenters. The zero-order valence-electron chi connectivity index (χ0n) is 18.2. The number of hydrogen-bond acceptors (Lipinski definition) is 7. The molecule has 32 heavy (non-hydrogen) atoms. The summed E-state index contributed by atoms with van der Waals surface area (Å²) in [6.45, 7) is 7.05. The Morgan fingerprint density at radius 3 is 2.31 bits per heavy atom. The number of nitrogens with zero attached hydrogens (tertiary/aromatic N) is 6. The molecule has 0 amide bonds. The molecule has 1 aromatic heterocycles. The summed E-state index contributed by atoms with van der Waals surface area (Å²) in [6.07, 6.45) is 4.86. The summed E-state index contributed by atoms with van der Waals surface area (Å²) < 4.78 is 6.78. The fourth-order valence-electron chi connectivity index (χ4n) is 4.48. The molecule has 1 fully saturated rings. The standard InChI is InChI=1S/C24H28N6O2/c31-24-23-7-4-20(16-21(23)17-32-24)9-13-29-11-1-10-28(14-15-29)12-8-19-2-5-22(6-3-19)30-18-25-26-27-30/h2-7,16,18H,1,8-15,17H2. The van der Waals surface area contributed by atoms with E-state index in [4.69, 9.17) is 4.74 Å². The van der Waals surface area contributed by atoms with Crippen LogP contribution in [-0.2, 0) is 24.2 Å². The van der Waals surface area contributed by atoms with Crippen molar-refractivity contribution < 1.29 is 9.53 Å². The highest BCUT2D eigenvalue weighted by atomic mass is 16.5. The predicted molar refractivity (Wildman–Crippen MR) is 120 cm³/mol. The molecule has 3 heterocycles. The molecular formula is C24H28N6O2. The van der Waals surface area contributed by atoms with E-state index < -0.39 is 0 Å². The van der Waals surface area contributed by atoms with Crippen molar-refractivity contribution in [2.75, 3.05) is 39.3 Å². The number of aromatic nitrogens is 4. The van der Waals surface area contributed by atoms with Crippen LogP contribution in [0.3, 0.4) is 0 Å². The van der Waals surface area contributed by atoms with Gasteiger partial charge < -0.3 is 14.5 Å². The Labute approximate surface area is 187 Å². The minimum absolute atomic E-state index is 0.192. The molecule has 3 aromatic rings. The lowest BCUT2D eigenvalue weighted by atomic mass is 10.0. The largest absolute Gasteiger partial charge is 0.457 e. The summed E-state index contributed by atoms with van der Waals surface area (Å²) in [5, 5.41) is 11.3. The van der Waals surface area contributed by atoms with E-state index in [1.165, 1.54) is 17.5 Å². The summed E-state index contributed by atoms with van der Waals surface area (Å²) in [5.41, 5.74) is 5.35. The Morgan fingerprint density at radius 1 is 0.875 bits per heavy atom. The lowest BCUT2D eigenvalue weighted by Gasteiger charge is -2.22. The first-order chi connectivity index (χ1) is 15.7. The van der Waals surface area contributed by atoms with Crippen molar-refractivity contribution >= 4 is 5.97 Å². The molecule has 1 saturated heterocycles. The number of fused-ring (bicyclic) bond motifs is 1. The number of hydrogen-bond donors (Lipinski definition) is 0. The van der Waals surface area contributed by atoms with Crippen LogP contribution in [-0.4, -0.2) is 75.2 Å². The van der Waals surface area contributed by atoms with Crippen LogP contribution in [0.2, 0.25) is 0 Å². The van der Waals surface area contributed by atoms with Gasteiger partial charge in [0.15, 0.2) is 0 Å².